The molecule has 10 nitrogen and oxygen atoms in total. The highest BCUT2D eigenvalue weighted by Crippen LogP contribution is 2.49. The van der Waals surface area contributed by atoms with Gasteiger partial charge in [-0.3, -0.25) is 24.0 Å². The molecular formula is C27H29N7O3S. The molecule has 3 amide bonds. The third-order valence-corrected chi connectivity index (χ3v) is 9.55. The normalized spacial score (nSPS) is 23.4. The van der Waals surface area contributed by atoms with Crippen molar-refractivity contribution >= 4 is 34.7 Å². The molecule has 0 spiro atoms. The maximum absolute atomic E-state index is 13.8. The lowest BCUT2D eigenvalue weighted by atomic mass is 10.1. The molecule has 0 bridgehead atoms. The first-order valence-electron chi connectivity index (χ1n) is 13.3. The van der Waals surface area contributed by atoms with E-state index in [1.807, 2.05) is 21.5 Å². The molecule has 0 radical (unpaired) electrons. The number of amides is 3. The zero-order valence-corrected chi connectivity index (χ0v) is 22.0. The van der Waals surface area contributed by atoms with Crippen molar-refractivity contribution in [1.82, 2.24) is 29.5 Å². The Kier molecular flexibility index (Phi) is 5.57. The van der Waals surface area contributed by atoms with Crippen LogP contribution in [-0.2, 0) is 37.5 Å². The molecule has 1 N–H and O–H groups in total. The number of hydrogen-bond donors (Lipinski definition) is 1. The number of piperidine rings is 1. The lowest BCUT2D eigenvalue weighted by molar-refractivity contribution is -0.135. The van der Waals surface area contributed by atoms with Gasteiger partial charge < -0.3 is 15.1 Å². The van der Waals surface area contributed by atoms with Crippen molar-refractivity contribution in [3.05, 3.63) is 57.1 Å². The van der Waals surface area contributed by atoms with Gasteiger partial charge in [-0.1, -0.05) is 0 Å². The molecule has 7 rings (SSSR count). The molecule has 3 aromatic heterocycles. The average Bonchev–Trinajstić information content (AvgIpc) is 3.26. The molecular weight excluding hydrogens is 502 g/mol. The van der Waals surface area contributed by atoms with Gasteiger partial charge in [0.15, 0.2) is 10.7 Å². The number of likely N-dealkylation sites (tertiary alicyclic amines) is 1. The van der Waals surface area contributed by atoms with Crippen molar-refractivity contribution in [3.63, 3.8) is 0 Å². The lowest BCUT2D eigenvalue weighted by Gasteiger charge is -2.31. The lowest BCUT2D eigenvalue weighted by Crippen LogP contribution is -2.50. The molecule has 1 saturated heterocycles. The van der Waals surface area contributed by atoms with Gasteiger partial charge in [-0.25, -0.2) is 4.98 Å². The highest BCUT2D eigenvalue weighted by atomic mass is 32.1. The van der Waals surface area contributed by atoms with Gasteiger partial charge >= 0.3 is 0 Å². The van der Waals surface area contributed by atoms with Crippen LogP contribution >= 0.6 is 11.3 Å². The molecule has 2 aliphatic carbocycles. The van der Waals surface area contributed by atoms with Crippen LogP contribution in [0.15, 0.2) is 24.5 Å². The summed E-state index contributed by atoms with van der Waals surface area (Å²) in [6.07, 6.45) is 9.12. The first-order chi connectivity index (χ1) is 18.5. The number of fused-ring (bicyclic) bond motifs is 3. The molecule has 38 heavy (non-hydrogen) atoms. The Morgan fingerprint density at radius 2 is 1.87 bits per heavy atom. The van der Waals surface area contributed by atoms with Gasteiger partial charge in [0.2, 0.25) is 5.91 Å². The minimum absolute atomic E-state index is 0.0314. The molecule has 0 unspecified atom stereocenters. The van der Waals surface area contributed by atoms with Crippen LogP contribution in [-0.4, -0.2) is 72.4 Å². The van der Waals surface area contributed by atoms with Gasteiger partial charge in [0.05, 0.1) is 5.69 Å². The van der Waals surface area contributed by atoms with E-state index in [2.05, 4.69) is 20.4 Å². The highest BCUT2D eigenvalue weighted by molar-refractivity contribution is 7.13. The van der Waals surface area contributed by atoms with E-state index in [0.717, 1.165) is 53.9 Å². The number of pyridine rings is 1. The summed E-state index contributed by atoms with van der Waals surface area (Å²) in [6, 6.07) is 3.22. The number of anilines is 1. The second-order valence-corrected chi connectivity index (χ2v) is 11.8. The van der Waals surface area contributed by atoms with Crippen LogP contribution in [0.3, 0.4) is 0 Å². The van der Waals surface area contributed by atoms with Crippen LogP contribution in [0.2, 0.25) is 0 Å². The maximum Gasteiger partial charge on any atom is 0.284 e. The topological polar surface area (TPSA) is 113 Å². The summed E-state index contributed by atoms with van der Waals surface area (Å²) in [6.45, 7) is 1.10. The molecule has 2 fully saturated rings. The Balaban J connectivity index is 1.04. The molecule has 2 aliphatic heterocycles. The molecule has 3 atom stereocenters. The monoisotopic (exact) mass is 531 g/mol. The van der Waals surface area contributed by atoms with Crippen molar-refractivity contribution in [1.29, 1.82) is 0 Å². The van der Waals surface area contributed by atoms with E-state index in [4.69, 9.17) is 0 Å². The molecule has 4 aliphatic rings. The van der Waals surface area contributed by atoms with Crippen LogP contribution in [0, 0.1) is 5.92 Å². The van der Waals surface area contributed by atoms with Gasteiger partial charge in [-0.15, -0.1) is 11.3 Å². The molecule has 196 valence electrons. The van der Waals surface area contributed by atoms with E-state index in [1.54, 1.807) is 24.5 Å². The second-order valence-electron chi connectivity index (χ2n) is 10.7. The van der Waals surface area contributed by atoms with E-state index in [1.165, 1.54) is 11.3 Å². The summed E-state index contributed by atoms with van der Waals surface area (Å²) in [5.74, 6) is 0.139. The van der Waals surface area contributed by atoms with Crippen LogP contribution in [0.25, 0.3) is 0 Å². The predicted octanol–water partition coefficient (Wildman–Crippen LogP) is 2.24. The fourth-order valence-corrected chi connectivity index (χ4v) is 7.38. The molecule has 5 heterocycles. The SMILES string of the molecule is Cn1nc(C(=O)N2[C@@H]3C[C@@H]3C[C@H]2C(=O)N2CCc3nc(C(=O)Nc4ccncc4)sc3CC2)c2c1CCC2. The van der Waals surface area contributed by atoms with E-state index in [9.17, 15) is 14.4 Å². The van der Waals surface area contributed by atoms with Crippen molar-refractivity contribution in [2.24, 2.45) is 13.0 Å². The summed E-state index contributed by atoms with van der Waals surface area (Å²) in [5, 5.41) is 7.87. The first kappa shape index (κ1) is 23.5. The number of nitrogens with zero attached hydrogens (tertiary/aromatic N) is 6. The highest BCUT2D eigenvalue weighted by Gasteiger charge is 2.57. The number of rotatable bonds is 4. The van der Waals surface area contributed by atoms with Crippen LogP contribution < -0.4 is 5.32 Å². The predicted molar refractivity (Wildman–Crippen MR) is 140 cm³/mol. The minimum atomic E-state index is -0.420. The van der Waals surface area contributed by atoms with Crippen LogP contribution in [0.4, 0.5) is 5.69 Å². The third kappa shape index (κ3) is 3.91. The molecule has 1 saturated carbocycles. The Morgan fingerprint density at radius 3 is 2.71 bits per heavy atom. The second kappa shape index (κ2) is 9.00. The standard InChI is InChI=1S/C27H29N7O3S/c1-32-19-4-2-3-17(19)23(31-32)27(37)34-20-13-15(20)14-21(34)26(36)33-11-7-18-22(8-12-33)38-25(30-18)24(35)29-16-5-9-28-10-6-16/h5-6,9-10,15,20-21H,2-4,7-8,11-14H2,1H3,(H,28,29,35)/t15-,20-,21+/m1/s1. The quantitative estimate of drug-likeness (QED) is 0.553. The van der Waals surface area contributed by atoms with Crippen molar-refractivity contribution < 1.29 is 14.4 Å². The smallest absolute Gasteiger partial charge is 0.284 e. The Hall–Kier alpha value is -3.60. The van der Waals surface area contributed by atoms with Crippen molar-refractivity contribution in [3.8, 4) is 0 Å². The Bertz CT molecular complexity index is 1420. The average molecular weight is 532 g/mol. The molecule has 11 heteroatoms. The number of carbonyl (C=O) groups is 3. The van der Waals surface area contributed by atoms with E-state index < -0.39 is 6.04 Å². The van der Waals surface area contributed by atoms with Gasteiger partial charge in [-0.2, -0.15) is 5.10 Å². The van der Waals surface area contributed by atoms with E-state index >= 15 is 0 Å². The van der Waals surface area contributed by atoms with Crippen molar-refractivity contribution in [2.45, 2.75) is 57.0 Å². The Labute approximate surface area is 224 Å². The molecule has 3 aromatic rings. The zero-order chi connectivity index (χ0) is 26.0. The number of thiazole rings is 1. The first-order valence-corrected chi connectivity index (χ1v) is 14.2. The largest absolute Gasteiger partial charge is 0.340 e. The number of aromatic nitrogens is 4. The zero-order valence-electron chi connectivity index (χ0n) is 21.2. The number of carbonyl (C=O) groups excluding carboxylic acids is 3. The van der Waals surface area contributed by atoms with E-state index in [-0.39, 0.29) is 23.8 Å². The van der Waals surface area contributed by atoms with Crippen LogP contribution in [0.1, 0.15) is 61.4 Å². The van der Waals surface area contributed by atoms with Crippen molar-refractivity contribution in [2.75, 3.05) is 18.4 Å². The summed E-state index contributed by atoms with van der Waals surface area (Å²) in [7, 11) is 1.91. The van der Waals surface area contributed by atoms with Gasteiger partial charge in [0.25, 0.3) is 11.8 Å². The van der Waals surface area contributed by atoms with Gasteiger partial charge in [0.1, 0.15) is 6.04 Å². The maximum atomic E-state index is 13.8. The number of nitrogens with one attached hydrogen (secondary N) is 1. The number of hydrogen-bond acceptors (Lipinski definition) is 7. The minimum Gasteiger partial charge on any atom is -0.340 e. The fourth-order valence-electron chi connectivity index (χ4n) is 6.39. The van der Waals surface area contributed by atoms with Gasteiger partial charge in [0, 0.05) is 73.2 Å². The van der Waals surface area contributed by atoms with Gasteiger partial charge in [-0.05, 0) is 50.2 Å². The summed E-state index contributed by atoms with van der Waals surface area (Å²) in [4.78, 5) is 53.6. The molecule has 0 aromatic carbocycles. The summed E-state index contributed by atoms with van der Waals surface area (Å²) in [5.41, 5.74) is 4.34. The number of aryl methyl sites for hydroxylation is 1. The summed E-state index contributed by atoms with van der Waals surface area (Å²) >= 11 is 1.39. The van der Waals surface area contributed by atoms with E-state index in [0.29, 0.717) is 48.2 Å². The third-order valence-electron chi connectivity index (χ3n) is 8.39. The summed E-state index contributed by atoms with van der Waals surface area (Å²) < 4.78 is 1.85. The fraction of sp³-hybridized carbons (Fsp3) is 0.481. The Morgan fingerprint density at radius 1 is 1.05 bits per heavy atom. The van der Waals surface area contributed by atoms with Crippen LogP contribution in [0.5, 0.6) is 0 Å².